The lowest BCUT2D eigenvalue weighted by Gasteiger charge is -2.13. The maximum absolute atomic E-state index is 12.9. The SMILES string of the molecule is CCOC(=O)Cc1ccc(-c2cccc(-c3cc(NC(=O)Nc4c(Cl)cncc4Cl)c(=O)n(CC)n3)c2)cc1. The van der Waals surface area contributed by atoms with Crippen LogP contribution in [0.5, 0.6) is 0 Å². The lowest BCUT2D eigenvalue weighted by Crippen LogP contribution is -2.29. The van der Waals surface area contributed by atoms with E-state index in [-0.39, 0.29) is 33.8 Å². The third-order valence-electron chi connectivity index (χ3n) is 5.71. The summed E-state index contributed by atoms with van der Waals surface area (Å²) in [7, 11) is 0. The van der Waals surface area contributed by atoms with Gasteiger partial charge in [-0.1, -0.05) is 65.7 Å². The number of carbonyl (C=O) groups is 2. The van der Waals surface area contributed by atoms with Gasteiger partial charge in [-0.15, -0.1) is 0 Å². The maximum Gasteiger partial charge on any atom is 0.323 e. The summed E-state index contributed by atoms with van der Waals surface area (Å²) < 4.78 is 6.28. The largest absolute Gasteiger partial charge is 0.466 e. The molecular formula is C28H25Cl2N5O4. The van der Waals surface area contributed by atoms with Gasteiger partial charge in [0.2, 0.25) is 0 Å². The summed E-state index contributed by atoms with van der Waals surface area (Å²) in [6, 6.07) is 16.1. The minimum Gasteiger partial charge on any atom is -0.466 e. The molecule has 11 heteroatoms. The molecule has 4 aromatic rings. The molecule has 0 saturated heterocycles. The number of anilines is 2. The van der Waals surface area contributed by atoms with E-state index in [2.05, 4.69) is 20.7 Å². The minimum absolute atomic E-state index is 0.0365. The van der Waals surface area contributed by atoms with Crippen LogP contribution >= 0.6 is 23.2 Å². The molecule has 200 valence electrons. The molecule has 2 amide bonds. The quantitative estimate of drug-likeness (QED) is 0.251. The second-order valence-corrected chi connectivity index (χ2v) is 9.20. The van der Waals surface area contributed by atoms with E-state index in [4.69, 9.17) is 27.9 Å². The Kier molecular flexibility index (Phi) is 8.96. The number of nitrogens with one attached hydrogen (secondary N) is 2. The zero-order valence-corrected chi connectivity index (χ0v) is 22.7. The van der Waals surface area contributed by atoms with Gasteiger partial charge in [0.05, 0.1) is 34.5 Å². The average Bonchev–Trinajstić information content (AvgIpc) is 2.92. The molecule has 0 radical (unpaired) electrons. The van der Waals surface area contributed by atoms with Gasteiger partial charge >= 0.3 is 12.0 Å². The van der Waals surface area contributed by atoms with E-state index < -0.39 is 11.6 Å². The summed E-state index contributed by atoms with van der Waals surface area (Å²) in [4.78, 5) is 41.2. The smallest absolute Gasteiger partial charge is 0.323 e. The first-order valence-electron chi connectivity index (χ1n) is 12.1. The van der Waals surface area contributed by atoms with E-state index in [9.17, 15) is 14.4 Å². The van der Waals surface area contributed by atoms with Crippen molar-refractivity contribution in [2.75, 3.05) is 17.2 Å². The lowest BCUT2D eigenvalue weighted by atomic mass is 10.00. The summed E-state index contributed by atoms with van der Waals surface area (Å²) in [5.41, 5.74) is 3.70. The minimum atomic E-state index is -0.696. The van der Waals surface area contributed by atoms with Gasteiger partial charge in [0.15, 0.2) is 0 Å². The fraction of sp³-hybridized carbons (Fsp3) is 0.179. The lowest BCUT2D eigenvalue weighted by molar-refractivity contribution is -0.142. The molecule has 39 heavy (non-hydrogen) atoms. The number of aromatic nitrogens is 3. The number of benzene rings is 2. The molecule has 0 bridgehead atoms. The highest BCUT2D eigenvalue weighted by Gasteiger charge is 2.15. The summed E-state index contributed by atoms with van der Waals surface area (Å²) in [5.74, 6) is -0.269. The molecule has 2 N–H and O–H groups in total. The Labute approximate surface area is 234 Å². The summed E-state index contributed by atoms with van der Waals surface area (Å²) >= 11 is 12.2. The van der Waals surface area contributed by atoms with Crippen LogP contribution in [0.3, 0.4) is 0 Å². The van der Waals surface area contributed by atoms with E-state index >= 15 is 0 Å². The zero-order chi connectivity index (χ0) is 27.9. The summed E-state index contributed by atoms with van der Waals surface area (Å²) in [6.45, 7) is 4.20. The number of amides is 2. The van der Waals surface area contributed by atoms with E-state index in [1.165, 1.54) is 23.1 Å². The number of aryl methyl sites for hydroxylation is 1. The van der Waals surface area contributed by atoms with Gasteiger partial charge in [-0.2, -0.15) is 5.10 Å². The van der Waals surface area contributed by atoms with Crippen LogP contribution in [-0.2, 0) is 22.5 Å². The number of halogens is 2. The Morgan fingerprint density at radius 2 is 1.62 bits per heavy atom. The Morgan fingerprint density at radius 1 is 0.923 bits per heavy atom. The molecule has 2 aromatic carbocycles. The number of rotatable bonds is 8. The van der Waals surface area contributed by atoms with Crippen LogP contribution in [-0.4, -0.2) is 33.4 Å². The highest BCUT2D eigenvalue weighted by atomic mass is 35.5. The van der Waals surface area contributed by atoms with Crippen molar-refractivity contribution in [2.24, 2.45) is 0 Å². The number of nitrogens with zero attached hydrogens (tertiary/aromatic N) is 3. The molecule has 0 saturated carbocycles. The number of esters is 1. The average molecular weight is 566 g/mol. The van der Waals surface area contributed by atoms with Crippen molar-refractivity contribution in [2.45, 2.75) is 26.8 Å². The Balaban J connectivity index is 1.60. The number of carbonyl (C=O) groups excluding carboxylic acids is 2. The number of urea groups is 1. The Morgan fingerprint density at radius 3 is 2.28 bits per heavy atom. The first-order chi connectivity index (χ1) is 18.8. The van der Waals surface area contributed by atoms with Crippen LogP contribution < -0.4 is 16.2 Å². The molecular weight excluding hydrogens is 541 g/mol. The molecule has 0 aliphatic carbocycles. The highest BCUT2D eigenvalue weighted by molar-refractivity contribution is 6.39. The van der Waals surface area contributed by atoms with Crippen molar-refractivity contribution in [3.63, 3.8) is 0 Å². The van der Waals surface area contributed by atoms with E-state index in [1.807, 2.05) is 48.5 Å². The van der Waals surface area contributed by atoms with Crippen molar-refractivity contribution in [3.8, 4) is 22.4 Å². The molecule has 2 heterocycles. The number of pyridine rings is 1. The molecule has 0 fully saturated rings. The van der Waals surface area contributed by atoms with Gasteiger partial charge in [0.25, 0.3) is 5.56 Å². The van der Waals surface area contributed by atoms with Gasteiger partial charge in [-0.25, -0.2) is 9.48 Å². The van der Waals surface area contributed by atoms with Crippen LogP contribution in [0.25, 0.3) is 22.4 Å². The standard InChI is InChI=1S/C28H25Cl2N5O4/c1-3-35-27(37)24(32-28(38)33-26-21(29)15-31-16-22(26)30)14-23(34-35)20-7-5-6-19(13-20)18-10-8-17(9-11-18)12-25(36)39-4-2/h5-11,13-16H,3-4,12H2,1-2H3,(H2,31,32,33,38). The van der Waals surface area contributed by atoms with Gasteiger partial charge in [0.1, 0.15) is 5.69 Å². The topological polar surface area (TPSA) is 115 Å². The van der Waals surface area contributed by atoms with Crippen molar-refractivity contribution < 1.29 is 14.3 Å². The zero-order valence-electron chi connectivity index (χ0n) is 21.2. The molecule has 0 atom stereocenters. The second-order valence-electron chi connectivity index (χ2n) is 8.38. The third kappa shape index (κ3) is 6.81. The van der Waals surface area contributed by atoms with Gasteiger partial charge < -0.3 is 15.4 Å². The normalized spacial score (nSPS) is 10.7. The third-order valence-corrected chi connectivity index (χ3v) is 6.29. The summed E-state index contributed by atoms with van der Waals surface area (Å²) in [5, 5.41) is 9.91. The van der Waals surface area contributed by atoms with Crippen molar-refractivity contribution in [1.29, 1.82) is 0 Å². The van der Waals surface area contributed by atoms with Crippen molar-refractivity contribution in [3.05, 3.63) is 93.0 Å². The number of ether oxygens (including phenoxy) is 1. The molecule has 0 aliphatic rings. The van der Waals surface area contributed by atoms with Gasteiger partial charge in [0, 0.05) is 24.5 Å². The molecule has 9 nitrogen and oxygen atoms in total. The molecule has 4 rings (SSSR count). The first-order valence-corrected chi connectivity index (χ1v) is 12.9. The monoisotopic (exact) mass is 565 g/mol. The van der Waals surface area contributed by atoms with Crippen LogP contribution in [0.4, 0.5) is 16.2 Å². The van der Waals surface area contributed by atoms with E-state index in [0.717, 1.165) is 22.3 Å². The Hall–Kier alpha value is -4.21. The first kappa shape index (κ1) is 27.8. The van der Waals surface area contributed by atoms with Gasteiger partial charge in [-0.3, -0.25) is 14.6 Å². The molecule has 2 aromatic heterocycles. The van der Waals surface area contributed by atoms with E-state index in [0.29, 0.717) is 18.8 Å². The van der Waals surface area contributed by atoms with Crippen molar-refractivity contribution in [1.82, 2.24) is 14.8 Å². The molecule has 0 aliphatic heterocycles. The highest BCUT2D eigenvalue weighted by Crippen LogP contribution is 2.29. The molecule has 0 spiro atoms. The second kappa shape index (κ2) is 12.6. The number of hydrogen-bond acceptors (Lipinski definition) is 6. The molecule has 0 unspecified atom stereocenters. The fourth-order valence-corrected chi connectivity index (χ4v) is 4.30. The predicted octanol–water partition coefficient (Wildman–Crippen LogP) is 6.05. The van der Waals surface area contributed by atoms with Crippen LogP contribution in [0.1, 0.15) is 19.4 Å². The predicted molar refractivity (Wildman–Crippen MR) is 152 cm³/mol. The van der Waals surface area contributed by atoms with Crippen molar-refractivity contribution >= 4 is 46.6 Å². The van der Waals surface area contributed by atoms with E-state index in [1.54, 1.807) is 13.8 Å². The number of hydrogen-bond donors (Lipinski definition) is 2. The summed E-state index contributed by atoms with van der Waals surface area (Å²) in [6.07, 6.45) is 2.90. The Bertz CT molecular complexity index is 1550. The van der Waals surface area contributed by atoms with Crippen LogP contribution in [0, 0.1) is 0 Å². The maximum atomic E-state index is 12.9. The van der Waals surface area contributed by atoms with Gasteiger partial charge in [-0.05, 0) is 42.7 Å². The van der Waals surface area contributed by atoms with Crippen LogP contribution in [0.2, 0.25) is 10.0 Å². The fourth-order valence-electron chi connectivity index (χ4n) is 3.84. The van der Waals surface area contributed by atoms with Crippen LogP contribution in [0.15, 0.2) is 71.8 Å².